The zero-order valence-corrected chi connectivity index (χ0v) is 8.35. The van der Waals surface area contributed by atoms with Crippen LogP contribution in [-0.2, 0) is 18.9 Å². The minimum atomic E-state index is -0.115. The van der Waals surface area contributed by atoms with Gasteiger partial charge < -0.3 is 18.9 Å². The second kappa shape index (κ2) is 3.45. The summed E-state index contributed by atoms with van der Waals surface area (Å²) < 4.78 is 22.3. The summed E-state index contributed by atoms with van der Waals surface area (Å²) in [6.07, 6.45) is 2.72. The molecule has 3 heterocycles. The van der Waals surface area contributed by atoms with Crippen LogP contribution in [0.25, 0.3) is 0 Å². The van der Waals surface area contributed by atoms with Crippen LogP contribution in [0.2, 0.25) is 0 Å². The Labute approximate surface area is 83.5 Å². The van der Waals surface area contributed by atoms with Crippen molar-refractivity contribution in [1.29, 1.82) is 0 Å². The van der Waals surface area contributed by atoms with E-state index in [0.29, 0.717) is 6.61 Å². The van der Waals surface area contributed by atoms with Crippen molar-refractivity contribution in [3.63, 3.8) is 0 Å². The first-order valence-corrected chi connectivity index (χ1v) is 5.44. The van der Waals surface area contributed by atoms with Gasteiger partial charge in [0.15, 0.2) is 6.29 Å². The van der Waals surface area contributed by atoms with E-state index in [0.717, 1.165) is 19.4 Å². The molecule has 0 amide bonds. The fourth-order valence-electron chi connectivity index (χ4n) is 2.18. The zero-order chi connectivity index (χ0) is 9.54. The quantitative estimate of drug-likeness (QED) is 0.494. The molecule has 0 aromatic heterocycles. The lowest BCUT2D eigenvalue weighted by molar-refractivity contribution is -0.118. The fourth-order valence-corrected chi connectivity index (χ4v) is 2.18. The number of ether oxygens (including phenoxy) is 4. The number of rotatable bonds is 4. The van der Waals surface area contributed by atoms with Gasteiger partial charge >= 0.3 is 0 Å². The van der Waals surface area contributed by atoms with E-state index < -0.39 is 0 Å². The molecule has 3 aliphatic rings. The Kier molecular flexibility index (Phi) is 2.24. The van der Waals surface area contributed by atoms with Gasteiger partial charge in [-0.25, -0.2) is 0 Å². The molecule has 4 nitrogen and oxygen atoms in total. The van der Waals surface area contributed by atoms with E-state index in [9.17, 15) is 0 Å². The minimum Gasteiger partial charge on any atom is -0.373 e. The Hall–Kier alpha value is -0.160. The van der Waals surface area contributed by atoms with E-state index in [1.54, 1.807) is 0 Å². The SMILES string of the molecule is CCCCOC1C2COC(O2)C2OC12. The first-order valence-electron chi connectivity index (χ1n) is 5.44. The van der Waals surface area contributed by atoms with Crippen LogP contribution in [0.5, 0.6) is 0 Å². The van der Waals surface area contributed by atoms with E-state index >= 15 is 0 Å². The van der Waals surface area contributed by atoms with Gasteiger partial charge in [0.05, 0.1) is 6.61 Å². The molecule has 2 bridgehead atoms. The van der Waals surface area contributed by atoms with Gasteiger partial charge in [0.2, 0.25) is 0 Å². The van der Waals surface area contributed by atoms with Crippen LogP contribution in [0, 0.1) is 0 Å². The number of epoxide rings is 1. The summed E-state index contributed by atoms with van der Waals surface area (Å²) in [5, 5.41) is 0. The van der Waals surface area contributed by atoms with Crippen molar-refractivity contribution in [3.05, 3.63) is 0 Å². The standard InChI is InChI=1S/C10H16O4/c1-2-3-4-11-7-6-5-12-10(13-6)9-8(7)14-9/h6-10H,2-5H2,1H3. The second-order valence-corrected chi connectivity index (χ2v) is 4.13. The summed E-state index contributed by atoms with van der Waals surface area (Å²) in [5.41, 5.74) is 0. The van der Waals surface area contributed by atoms with Gasteiger partial charge in [0, 0.05) is 6.61 Å². The molecule has 3 saturated heterocycles. The van der Waals surface area contributed by atoms with Gasteiger partial charge in [-0.1, -0.05) is 13.3 Å². The number of fused-ring (bicyclic) bond motifs is 4. The molecular weight excluding hydrogens is 184 g/mol. The highest BCUT2D eigenvalue weighted by atomic mass is 16.8. The lowest BCUT2D eigenvalue weighted by atomic mass is 10.1. The molecule has 5 atom stereocenters. The van der Waals surface area contributed by atoms with Gasteiger partial charge in [-0.3, -0.25) is 0 Å². The molecule has 3 aliphatic heterocycles. The van der Waals surface area contributed by atoms with Crippen LogP contribution >= 0.6 is 0 Å². The van der Waals surface area contributed by atoms with Gasteiger partial charge in [-0.05, 0) is 6.42 Å². The van der Waals surface area contributed by atoms with Crippen molar-refractivity contribution in [3.8, 4) is 0 Å². The average Bonchev–Trinajstić information content (AvgIpc) is 2.87. The van der Waals surface area contributed by atoms with Crippen molar-refractivity contribution in [2.45, 2.75) is 50.5 Å². The molecule has 0 aromatic rings. The van der Waals surface area contributed by atoms with Crippen LogP contribution in [-0.4, -0.2) is 43.9 Å². The third kappa shape index (κ3) is 1.37. The maximum absolute atomic E-state index is 5.78. The maximum Gasteiger partial charge on any atom is 0.187 e. The molecule has 5 unspecified atom stereocenters. The average molecular weight is 200 g/mol. The van der Waals surface area contributed by atoms with E-state index in [1.165, 1.54) is 0 Å². The van der Waals surface area contributed by atoms with Crippen LogP contribution in [0.3, 0.4) is 0 Å². The van der Waals surface area contributed by atoms with Crippen molar-refractivity contribution < 1.29 is 18.9 Å². The number of unbranched alkanes of at least 4 members (excludes halogenated alkanes) is 1. The highest BCUT2D eigenvalue weighted by Gasteiger charge is 2.62. The highest BCUT2D eigenvalue weighted by Crippen LogP contribution is 2.42. The molecule has 0 radical (unpaired) electrons. The minimum absolute atomic E-state index is 0.0978. The van der Waals surface area contributed by atoms with Crippen LogP contribution in [0.15, 0.2) is 0 Å². The Morgan fingerprint density at radius 2 is 2.21 bits per heavy atom. The van der Waals surface area contributed by atoms with Gasteiger partial charge in [-0.2, -0.15) is 0 Å². The predicted molar refractivity (Wildman–Crippen MR) is 47.9 cm³/mol. The highest BCUT2D eigenvalue weighted by molar-refractivity contribution is 5.04. The number of hydrogen-bond donors (Lipinski definition) is 0. The lowest BCUT2D eigenvalue weighted by Crippen LogP contribution is -2.42. The Balaban J connectivity index is 1.57. The largest absolute Gasteiger partial charge is 0.373 e. The normalized spacial score (nSPS) is 49.1. The van der Waals surface area contributed by atoms with Crippen molar-refractivity contribution in [2.24, 2.45) is 0 Å². The summed E-state index contributed by atoms with van der Waals surface area (Å²) in [6, 6.07) is 0. The first-order chi connectivity index (χ1) is 6.90. The predicted octanol–water partition coefficient (Wildman–Crippen LogP) is 0.694. The van der Waals surface area contributed by atoms with Gasteiger partial charge in [-0.15, -0.1) is 0 Å². The molecule has 4 heteroatoms. The molecule has 0 aromatic carbocycles. The first kappa shape index (κ1) is 9.09. The molecule has 0 saturated carbocycles. The van der Waals surface area contributed by atoms with E-state index in [-0.39, 0.29) is 30.7 Å². The van der Waals surface area contributed by atoms with Gasteiger partial charge in [0.25, 0.3) is 0 Å². The second-order valence-electron chi connectivity index (χ2n) is 4.13. The zero-order valence-electron chi connectivity index (χ0n) is 8.35. The summed E-state index contributed by atoms with van der Waals surface area (Å²) >= 11 is 0. The Morgan fingerprint density at radius 3 is 3.07 bits per heavy atom. The summed E-state index contributed by atoms with van der Waals surface area (Å²) in [7, 11) is 0. The van der Waals surface area contributed by atoms with E-state index in [2.05, 4.69) is 6.92 Å². The van der Waals surface area contributed by atoms with Crippen molar-refractivity contribution in [1.82, 2.24) is 0 Å². The van der Waals surface area contributed by atoms with E-state index in [4.69, 9.17) is 18.9 Å². The van der Waals surface area contributed by atoms with Crippen LogP contribution < -0.4 is 0 Å². The lowest BCUT2D eigenvalue weighted by Gasteiger charge is -2.24. The monoisotopic (exact) mass is 200 g/mol. The van der Waals surface area contributed by atoms with Crippen LogP contribution in [0.4, 0.5) is 0 Å². The topological polar surface area (TPSA) is 40.2 Å². The molecule has 3 rings (SSSR count). The number of hydrogen-bond acceptors (Lipinski definition) is 4. The Bertz CT molecular complexity index is 220. The Morgan fingerprint density at radius 1 is 1.29 bits per heavy atom. The molecule has 0 aliphatic carbocycles. The smallest absolute Gasteiger partial charge is 0.187 e. The van der Waals surface area contributed by atoms with Crippen LogP contribution in [0.1, 0.15) is 19.8 Å². The molecule has 14 heavy (non-hydrogen) atoms. The molecular formula is C10H16O4. The van der Waals surface area contributed by atoms with Gasteiger partial charge in [0.1, 0.15) is 24.4 Å². The molecule has 0 spiro atoms. The molecule has 3 fully saturated rings. The summed E-state index contributed by atoms with van der Waals surface area (Å²) in [5.74, 6) is 0. The molecule has 80 valence electrons. The van der Waals surface area contributed by atoms with E-state index in [1.807, 2.05) is 0 Å². The maximum atomic E-state index is 5.78. The molecule has 0 N–H and O–H groups in total. The third-order valence-electron chi connectivity index (χ3n) is 3.06. The van der Waals surface area contributed by atoms with Crippen molar-refractivity contribution >= 4 is 0 Å². The third-order valence-corrected chi connectivity index (χ3v) is 3.06. The summed E-state index contributed by atoms with van der Waals surface area (Å²) in [6.45, 7) is 3.63. The van der Waals surface area contributed by atoms with Crippen molar-refractivity contribution in [2.75, 3.05) is 13.2 Å². The summed E-state index contributed by atoms with van der Waals surface area (Å²) in [4.78, 5) is 0. The fraction of sp³-hybridized carbons (Fsp3) is 1.00.